The van der Waals surface area contributed by atoms with Crippen LogP contribution in [0, 0.1) is 31.5 Å². The van der Waals surface area contributed by atoms with Crippen LogP contribution < -0.4 is 10.2 Å². The smallest absolute Gasteiger partial charge is 0.251 e. The number of aryl methyl sites for hydroxylation is 2. The Morgan fingerprint density at radius 3 is 2.51 bits per heavy atom. The number of aromatic nitrogens is 1. The van der Waals surface area contributed by atoms with Gasteiger partial charge >= 0.3 is 0 Å². The number of halogens is 1. The third-order valence-corrected chi connectivity index (χ3v) is 6.70. The first-order valence-electron chi connectivity index (χ1n) is 12.2. The van der Waals surface area contributed by atoms with Crippen molar-refractivity contribution in [2.45, 2.75) is 40.0 Å². The van der Waals surface area contributed by atoms with Crippen molar-refractivity contribution in [2.75, 3.05) is 18.0 Å². The predicted octanol–water partition coefficient (Wildman–Crippen LogP) is 5.04. The first-order chi connectivity index (χ1) is 16.8. The molecule has 1 N–H and O–H groups in total. The monoisotopic (exact) mass is 473 g/mol. The topological polar surface area (TPSA) is 62.3 Å². The van der Waals surface area contributed by atoms with E-state index in [2.05, 4.69) is 10.3 Å². The maximum absolute atomic E-state index is 14.2. The molecule has 0 radical (unpaired) electrons. The van der Waals surface area contributed by atoms with Gasteiger partial charge in [0.15, 0.2) is 0 Å². The molecule has 4 rings (SSSR count). The summed E-state index contributed by atoms with van der Waals surface area (Å²) < 4.78 is 14.2. The van der Waals surface area contributed by atoms with Gasteiger partial charge in [0, 0.05) is 48.6 Å². The molecule has 0 bridgehead atoms. The molecule has 182 valence electrons. The molecular weight excluding hydrogens is 441 g/mol. The second-order valence-electron chi connectivity index (χ2n) is 9.53. The summed E-state index contributed by atoms with van der Waals surface area (Å²) in [5.74, 6) is -0.251. The van der Waals surface area contributed by atoms with Crippen molar-refractivity contribution in [3.8, 4) is 0 Å². The number of nitrogens with zero attached hydrogens (tertiary/aromatic N) is 2. The second kappa shape index (κ2) is 10.8. The normalized spacial score (nSPS) is 17.9. The van der Waals surface area contributed by atoms with Crippen molar-refractivity contribution in [3.63, 3.8) is 0 Å². The van der Waals surface area contributed by atoms with Gasteiger partial charge in [-0.25, -0.2) is 4.39 Å². The average molecular weight is 474 g/mol. The van der Waals surface area contributed by atoms with Crippen LogP contribution in [0.25, 0.3) is 0 Å². The lowest BCUT2D eigenvalue weighted by atomic mass is 9.84. The highest BCUT2D eigenvalue weighted by Crippen LogP contribution is 2.34. The minimum Gasteiger partial charge on any atom is -0.352 e. The Bertz CT molecular complexity index is 1190. The number of carbonyl (C=O) groups is 2. The van der Waals surface area contributed by atoms with Crippen LogP contribution in [0.4, 0.5) is 10.1 Å². The molecule has 35 heavy (non-hydrogen) atoms. The summed E-state index contributed by atoms with van der Waals surface area (Å²) in [6.45, 7) is 6.85. The fourth-order valence-electron chi connectivity index (χ4n) is 5.08. The van der Waals surface area contributed by atoms with Crippen LogP contribution >= 0.6 is 0 Å². The molecule has 0 saturated carbocycles. The summed E-state index contributed by atoms with van der Waals surface area (Å²) in [7, 11) is 0. The van der Waals surface area contributed by atoms with Crippen molar-refractivity contribution >= 4 is 17.5 Å². The molecule has 1 saturated heterocycles. The summed E-state index contributed by atoms with van der Waals surface area (Å²) in [6, 6.07) is 16.3. The molecule has 5 nitrogen and oxygen atoms in total. The van der Waals surface area contributed by atoms with E-state index in [1.807, 2.05) is 68.1 Å². The van der Waals surface area contributed by atoms with E-state index < -0.39 is 0 Å². The molecule has 2 heterocycles. The molecular formula is C29H32FN3O2. The van der Waals surface area contributed by atoms with Gasteiger partial charge in [0.2, 0.25) is 5.91 Å². The van der Waals surface area contributed by atoms with Crippen molar-refractivity contribution in [1.29, 1.82) is 0 Å². The lowest BCUT2D eigenvalue weighted by Crippen LogP contribution is -2.46. The number of carbonyl (C=O) groups excluding carboxylic acids is 2. The summed E-state index contributed by atoms with van der Waals surface area (Å²) in [5, 5.41) is 2.96. The fourth-order valence-corrected chi connectivity index (χ4v) is 5.08. The van der Waals surface area contributed by atoms with Crippen LogP contribution in [0.3, 0.4) is 0 Å². The van der Waals surface area contributed by atoms with Crippen LogP contribution in [-0.4, -0.2) is 29.9 Å². The van der Waals surface area contributed by atoms with E-state index >= 15 is 0 Å². The van der Waals surface area contributed by atoms with Gasteiger partial charge in [0.25, 0.3) is 5.91 Å². The highest BCUT2D eigenvalue weighted by atomic mass is 19.1. The zero-order valence-corrected chi connectivity index (χ0v) is 20.6. The number of amides is 2. The van der Waals surface area contributed by atoms with E-state index in [0.29, 0.717) is 37.1 Å². The van der Waals surface area contributed by atoms with Gasteiger partial charge in [-0.3, -0.25) is 14.6 Å². The summed E-state index contributed by atoms with van der Waals surface area (Å²) in [5.41, 5.74) is 4.80. The van der Waals surface area contributed by atoms with Crippen molar-refractivity contribution in [1.82, 2.24) is 10.3 Å². The van der Waals surface area contributed by atoms with E-state index in [4.69, 9.17) is 0 Å². The maximum atomic E-state index is 14.2. The molecule has 0 spiro atoms. The van der Waals surface area contributed by atoms with Crippen LogP contribution in [0.5, 0.6) is 0 Å². The Labute approximate surface area is 206 Å². The van der Waals surface area contributed by atoms with E-state index in [-0.39, 0.29) is 29.5 Å². The lowest BCUT2D eigenvalue weighted by Gasteiger charge is -2.38. The Kier molecular flexibility index (Phi) is 7.59. The van der Waals surface area contributed by atoms with Crippen LogP contribution in [0.1, 0.15) is 46.1 Å². The molecule has 2 atom stereocenters. The lowest BCUT2D eigenvalue weighted by molar-refractivity contribution is -0.124. The van der Waals surface area contributed by atoms with Gasteiger partial charge in [0.05, 0.1) is 0 Å². The largest absolute Gasteiger partial charge is 0.352 e. The van der Waals surface area contributed by atoms with E-state index in [0.717, 1.165) is 28.9 Å². The summed E-state index contributed by atoms with van der Waals surface area (Å²) >= 11 is 0. The fraction of sp³-hybridized carbons (Fsp3) is 0.345. The standard InChI is InChI=1S/C29H32FN3O2/c1-19-15-24(28(34)32-13-11-25-9-6-7-12-31-25)16-20(2)27(19)33-18-22(14-21(3)29(33)35)17-23-8-4-5-10-26(23)30/h4-10,12,15-16,21-22H,11,13-14,17-18H2,1-3H3,(H,32,34)/t21-,22-/m1/s1. The van der Waals surface area contributed by atoms with Crippen molar-refractivity contribution in [3.05, 3.63) is 94.6 Å². The van der Waals surface area contributed by atoms with Crippen LogP contribution in [-0.2, 0) is 17.6 Å². The van der Waals surface area contributed by atoms with Gasteiger partial charge in [-0.15, -0.1) is 0 Å². The molecule has 1 fully saturated rings. The van der Waals surface area contributed by atoms with Crippen LogP contribution in [0.15, 0.2) is 60.8 Å². The molecule has 6 heteroatoms. The zero-order valence-electron chi connectivity index (χ0n) is 20.6. The Morgan fingerprint density at radius 1 is 1.11 bits per heavy atom. The Balaban J connectivity index is 1.48. The number of nitrogens with one attached hydrogen (secondary N) is 1. The first kappa shape index (κ1) is 24.6. The molecule has 1 aliphatic heterocycles. The Hall–Kier alpha value is -3.54. The quantitative estimate of drug-likeness (QED) is 0.523. The summed E-state index contributed by atoms with van der Waals surface area (Å²) in [4.78, 5) is 32.1. The van der Waals surface area contributed by atoms with Gasteiger partial charge in [0.1, 0.15) is 5.82 Å². The molecule has 0 unspecified atom stereocenters. The Morgan fingerprint density at radius 2 is 1.83 bits per heavy atom. The summed E-state index contributed by atoms with van der Waals surface area (Å²) in [6.07, 6.45) is 3.73. The number of pyridine rings is 1. The maximum Gasteiger partial charge on any atom is 0.251 e. The van der Waals surface area contributed by atoms with Crippen molar-refractivity contribution < 1.29 is 14.0 Å². The second-order valence-corrected chi connectivity index (χ2v) is 9.53. The molecule has 0 aliphatic carbocycles. The van der Waals surface area contributed by atoms with Gasteiger partial charge in [-0.05, 0) is 79.6 Å². The minimum absolute atomic E-state index is 0.0774. The number of piperidine rings is 1. The number of anilines is 1. The predicted molar refractivity (Wildman–Crippen MR) is 136 cm³/mol. The third-order valence-electron chi connectivity index (χ3n) is 6.70. The highest BCUT2D eigenvalue weighted by molar-refractivity contribution is 5.99. The highest BCUT2D eigenvalue weighted by Gasteiger charge is 2.34. The minimum atomic E-state index is -0.200. The average Bonchev–Trinajstić information content (AvgIpc) is 2.83. The SMILES string of the molecule is Cc1cc(C(=O)NCCc2ccccn2)cc(C)c1N1C[C@@H](Cc2ccccc2F)C[C@@H](C)C1=O. The third kappa shape index (κ3) is 5.76. The zero-order chi connectivity index (χ0) is 24.9. The van der Waals surface area contributed by atoms with Gasteiger partial charge in [-0.2, -0.15) is 0 Å². The molecule has 1 aliphatic rings. The van der Waals surface area contributed by atoms with Gasteiger partial charge in [-0.1, -0.05) is 31.2 Å². The number of benzene rings is 2. The molecule has 2 amide bonds. The number of rotatable bonds is 7. The van der Waals surface area contributed by atoms with E-state index in [1.54, 1.807) is 12.3 Å². The number of hydrogen-bond donors (Lipinski definition) is 1. The number of hydrogen-bond acceptors (Lipinski definition) is 3. The first-order valence-corrected chi connectivity index (χ1v) is 12.2. The van der Waals surface area contributed by atoms with E-state index in [1.165, 1.54) is 6.07 Å². The molecule has 2 aromatic carbocycles. The van der Waals surface area contributed by atoms with Crippen LogP contribution in [0.2, 0.25) is 0 Å². The van der Waals surface area contributed by atoms with E-state index in [9.17, 15) is 14.0 Å². The molecule has 1 aromatic heterocycles. The van der Waals surface area contributed by atoms with Gasteiger partial charge < -0.3 is 10.2 Å². The molecule has 3 aromatic rings. The van der Waals surface area contributed by atoms with Crippen molar-refractivity contribution in [2.24, 2.45) is 11.8 Å².